The molecule has 1 saturated heterocycles. The van der Waals surface area contributed by atoms with E-state index < -0.39 is 40.9 Å². The number of carbonyl (C=O) groups is 4. The number of fused-ring (bicyclic) bond motifs is 1. The zero-order valence-corrected chi connectivity index (χ0v) is 13.6. The number of carbonyl (C=O) groups excluding carboxylic acids is 4. The molecule has 7 heteroatoms. The van der Waals surface area contributed by atoms with Crippen molar-refractivity contribution >= 4 is 23.6 Å². The molecular weight excluding hydrogens is 315 g/mol. The Morgan fingerprint density at radius 2 is 1.67 bits per heavy atom. The van der Waals surface area contributed by atoms with Crippen molar-refractivity contribution in [2.75, 3.05) is 0 Å². The number of imide groups is 2. The molecule has 6 nitrogen and oxygen atoms in total. The van der Waals surface area contributed by atoms with Gasteiger partial charge in [-0.3, -0.25) is 29.4 Å². The minimum absolute atomic E-state index is 0.0461. The molecule has 0 bridgehead atoms. The van der Waals surface area contributed by atoms with Gasteiger partial charge in [0.1, 0.15) is 11.9 Å². The Bertz CT molecular complexity index is 795. The van der Waals surface area contributed by atoms with Crippen molar-refractivity contribution in [1.82, 2.24) is 10.2 Å². The van der Waals surface area contributed by atoms with Gasteiger partial charge < -0.3 is 0 Å². The minimum Gasteiger partial charge on any atom is -0.295 e. The predicted molar refractivity (Wildman–Crippen MR) is 81.8 cm³/mol. The van der Waals surface area contributed by atoms with Gasteiger partial charge in [-0.05, 0) is 29.5 Å². The molecule has 1 aromatic carbocycles. The summed E-state index contributed by atoms with van der Waals surface area (Å²) in [6.45, 7) is 5.41. The molecule has 0 unspecified atom stereocenters. The van der Waals surface area contributed by atoms with E-state index in [9.17, 15) is 23.6 Å². The second-order valence-electron chi connectivity index (χ2n) is 7.07. The van der Waals surface area contributed by atoms with E-state index in [2.05, 4.69) is 5.32 Å². The van der Waals surface area contributed by atoms with Crippen LogP contribution < -0.4 is 5.32 Å². The number of benzene rings is 1. The zero-order valence-electron chi connectivity index (χ0n) is 13.6. The van der Waals surface area contributed by atoms with Crippen LogP contribution in [0.25, 0.3) is 0 Å². The van der Waals surface area contributed by atoms with Crippen LogP contribution in [0.3, 0.4) is 0 Å². The normalized spacial score (nSPS) is 21.2. The van der Waals surface area contributed by atoms with Crippen molar-refractivity contribution in [2.45, 2.75) is 45.1 Å². The van der Waals surface area contributed by atoms with Gasteiger partial charge in [0.15, 0.2) is 0 Å². The molecule has 2 aliphatic heterocycles. The molecule has 0 aliphatic carbocycles. The van der Waals surface area contributed by atoms with Crippen LogP contribution in [0, 0.1) is 5.82 Å². The first-order chi connectivity index (χ1) is 11.1. The molecule has 3 rings (SSSR count). The lowest BCUT2D eigenvalue weighted by atomic mass is 9.85. The molecule has 1 aromatic rings. The van der Waals surface area contributed by atoms with E-state index in [0.29, 0.717) is 5.56 Å². The number of nitrogens with zero attached hydrogens (tertiary/aromatic N) is 1. The van der Waals surface area contributed by atoms with Gasteiger partial charge >= 0.3 is 0 Å². The fraction of sp³-hybridized carbons (Fsp3) is 0.412. The van der Waals surface area contributed by atoms with Crippen LogP contribution in [-0.4, -0.2) is 34.6 Å². The summed E-state index contributed by atoms with van der Waals surface area (Å²) in [6, 6.07) is 1.40. The molecule has 24 heavy (non-hydrogen) atoms. The van der Waals surface area contributed by atoms with Crippen LogP contribution in [0.4, 0.5) is 4.39 Å². The Morgan fingerprint density at radius 1 is 1.08 bits per heavy atom. The maximum absolute atomic E-state index is 14.3. The highest BCUT2D eigenvalue weighted by Gasteiger charge is 2.45. The van der Waals surface area contributed by atoms with E-state index >= 15 is 0 Å². The number of amides is 4. The Kier molecular flexibility index (Phi) is 3.55. The van der Waals surface area contributed by atoms with Crippen LogP contribution in [0.15, 0.2) is 12.1 Å². The summed E-state index contributed by atoms with van der Waals surface area (Å²) in [6.07, 6.45) is 0.121. The molecule has 1 N–H and O–H groups in total. The second kappa shape index (κ2) is 5.22. The van der Waals surface area contributed by atoms with E-state index in [1.807, 2.05) is 0 Å². The number of hydrogen-bond acceptors (Lipinski definition) is 4. The highest BCUT2D eigenvalue weighted by Crippen LogP contribution is 2.33. The first kappa shape index (κ1) is 16.3. The van der Waals surface area contributed by atoms with E-state index in [-0.39, 0.29) is 24.0 Å². The number of nitrogens with one attached hydrogen (secondary N) is 1. The lowest BCUT2D eigenvalue weighted by Gasteiger charge is -2.27. The van der Waals surface area contributed by atoms with Gasteiger partial charge in [-0.25, -0.2) is 4.39 Å². The van der Waals surface area contributed by atoms with E-state index in [1.54, 1.807) is 20.8 Å². The van der Waals surface area contributed by atoms with Gasteiger partial charge in [0.25, 0.3) is 11.8 Å². The van der Waals surface area contributed by atoms with Gasteiger partial charge in [0, 0.05) is 6.42 Å². The average molecular weight is 332 g/mol. The Labute approximate surface area is 138 Å². The number of rotatable bonds is 1. The summed E-state index contributed by atoms with van der Waals surface area (Å²) in [5.74, 6) is -3.02. The van der Waals surface area contributed by atoms with Crippen molar-refractivity contribution < 1.29 is 23.6 Å². The lowest BCUT2D eigenvalue weighted by Crippen LogP contribution is -2.54. The maximum Gasteiger partial charge on any atom is 0.262 e. The Hall–Kier alpha value is -2.57. The third kappa shape index (κ3) is 2.40. The summed E-state index contributed by atoms with van der Waals surface area (Å²) in [7, 11) is 0. The van der Waals surface area contributed by atoms with Gasteiger partial charge in [-0.1, -0.05) is 20.8 Å². The molecule has 2 heterocycles. The van der Waals surface area contributed by atoms with Gasteiger partial charge in [-0.15, -0.1) is 0 Å². The molecular formula is C17H17FN2O4. The van der Waals surface area contributed by atoms with Crippen molar-refractivity contribution in [3.05, 3.63) is 34.6 Å². The molecule has 2 aliphatic rings. The molecule has 1 fully saturated rings. The van der Waals surface area contributed by atoms with Crippen LogP contribution in [0.1, 0.15) is 59.9 Å². The van der Waals surface area contributed by atoms with Crippen LogP contribution >= 0.6 is 0 Å². The smallest absolute Gasteiger partial charge is 0.262 e. The summed E-state index contributed by atoms with van der Waals surface area (Å²) in [5.41, 5.74) is -0.163. The molecule has 1 atom stereocenters. The molecule has 4 amide bonds. The maximum atomic E-state index is 14.3. The molecule has 0 spiro atoms. The number of halogens is 1. The van der Waals surface area contributed by atoms with Crippen molar-refractivity contribution in [1.29, 1.82) is 0 Å². The summed E-state index contributed by atoms with van der Waals surface area (Å²) in [4.78, 5) is 49.2. The quantitative estimate of drug-likeness (QED) is 0.791. The Morgan fingerprint density at radius 3 is 2.21 bits per heavy atom. The molecule has 126 valence electrons. The van der Waals surface area contributed by atoms with Crippen LogP contribution in [0.5, 0.6) is 0 Å². The largest absolute Gasteiger partial charge is 0.295 e. The van der Waals surface area contributed by atoms with Gasteiger partial charge in [-0.2, -0.15) is 0 Å². The topological polar surface area (TPSA) is 83.6 Å². The standard InChI is InChI=1S/C17H17FN2O4/c1-17(2,3)10-6-8-9(7-11(10)18)16(24)20(15(8)23)12-4-5-13(21)19-14(12)22/h6-7,12H,4-5H2,1-3H3,(H,19,21,22)/t12-/m1/s1. The van der Waals surface area contributed by atoms with E-state index in [4.69, 9.17) is 0 Å². The van der Waals surface area contributed by atoms with Gasteiger partial charge in [0.2, 0.25) is 11.8 Å². The molecule has 0 saturated carbocycles. The highest BCUT2D eigenvalue weighted by molar-refractivity contribution is 6.23. The Balaban J connectivity index is 2.03. The molecule has 0 aromatic heterocycles. The first-order valence-corrected chi connectivity index (χ1v) is 7.67. The van der Waals surface area contributed by atoms with E-state index in [1.165, 1.54) is 6.07 Å². The summed E-state index contributed by atoms with van der Waals surface area (Å²) in [5, 5.41) is 2.12. The third-order valence-corrected chi connectivity index (χ3v) is 4.34. The summed E-state index contributed by atoms with van der Waals surface area (Å²) >= 11 is 0. The first-order valence-electron chi connectivity index (χ1n) is 7.67. The highest BCUT2D eigenvalue weighted by atomic mass is 19.1. The fourth-order valence-corrected chi connectivity index (χ4v) is 3.07. The number of piperidine rings is 1. The van der Waals surface area contributed by atoms with Crippen molar-refractivity contribution in [2.24, 2.45) is 0 Å². The second-order valence-corrected chi connectivity index (χ2v) is 7.07. The number of hydrogen-bond donors (Lipinski definition) is 1. The summed E-state index contributed by atoms with van der Waals surface area (Å²) < 4.78 is 14.3. The van der Waals surface area contributed by atoms with Crippen LogP contribution in [-0.2, 0) is 15.0 Å². The zero-order chi connectivity index (χ0) is 17.8. The predicted octanol–water partition coefficient (Wildman–Crippen LogP) is 1.52. The van der Waals surface area contributed by atoms with Crippen molar-refractivity contribution in [3.63, 3.8) is 0 Å². The lowest BCUT2D eigenvalue weighted by molar-refractivity contribution is -0.136. The average Bonchev–Trinajstić information content (AvgIpc) is 2.69. The van der Waals surface area contributed by atoms with Crippen molar-refractivity contribution in [3.8, 4) is 0 Å². The van der Waals surface area contributed by atoms with E-state index in [0.717, 1.165) is 11.0 Å². The SMILES string of the molecule is CC(C)(C)c1cc2c(cc1F)C(=O)N([C@@H]1CCC(=O)NC1=O)C2=O. The van der Waals surface area contributed by atoms with Gasteiger partial charge in [0.05, 0.1) is 11.1 Å². The fourth-order valence-electron chi connectivity index (χ4n) is 3.07. The molecule has 0 radical (unpaired) electrons. The van der Waals surface area contributed by atoms with Crippen LogP contribution in [0.2, 0.25) is 0 Å². The minimum atomic E-state index is -1.05. The monoisotopic (exact) mass is 332 g/mol. The third-order valence-electron chi connectivity index (χ3n) is 4.34.